The van der Waals surface area contributed by atoms with Gasteiger partial charge in [-0.25, -0.2) is 14.1 Å². The molecular formula is C21H20FN3O3. The number of nitrogens with one attached hydrogen (secondary N) is 1. The minimum Gasteiger partial charge on any atom is -0.276 e. The molecule has 0 spiro atoms. The van der Waals surface area contributed by atoms with Crippen molar-refractivity contribution >= 4 is 35.4 Å². The van der Waals surface area contributed by atoms with Crippen LogP contribution < -0.4 is 10.2 Å². The van der Waals surface area contributed by atoms with Crippen LogP contribution in [0.2, 0.25) is 0 Å². The standard InChI is InChI=1S/C21H20FN3O3/c1-2-3-4-14-5-9-16(10-6-14)23-13-18-19(26)24-21(28)25(20(18)27)17-11-7-15(22)8-12-17/h5-13,18H,2-4H2,1H3,(H,24,26,28)/t18-/m1/s1. The van der Waals surface area contributed by atoms with Gasteiger partial charge in [-0.2, -0.15) is 0 Å². The van der Waals surface area contributed by atoms with E-state index in [0.29, 0.717) is 5.69 Å². The fourth-order valence-corrected chi connectivity index (χ4v) is 2.85. The first-order valence-electron chi connectivity index (χ1n) is 9.07. The molecule has 0 unspecified atom stereocenters. The second kappa shape index (κ2) is 8.56. The summed E-state index contributed by atoms with van der Waals surface area (Å²) in [4.78, 5) is 41.9. The van der Waals surface area contributed by atoms with Crippen LogP contribution in [-0.2, 0) is 16.0 Å². The summed E-state index contributed by atoms with van der Waals surface area (Å²) >= 11 is 0. The van der Waals surface area contributed by atoms with Crippen molar-refractivity contribution in [2.45, 2.75) is 26.2 Å². The highest BCUT2D eigenvalue weighted by molar-refractivity contribution is 6.32. The number of halogens is 1. The van der Waals surface area contributed by atoms with Crippen LogP contribution >= 0.6 is 0 Å². The van der Waals surface area contributed by atoms with Crippen LogP contribution in [0, 0.1) is 11.7 Å². The van der Waals surface area contributed by atoms with Crippen molar-refractivity contribution in [3.05, 3.63) is 59.9 Å². The number of carbonyl (C=O) groups is 3. The van der Waals surface area contributed by atoms with E-state index < -0.39 is 29.6 Å². The van der Waals surface area contributed by atoms with Crippen LogP contribution in [0.4, 0.5) is 20.6 Å². The molecule has 2 aromatic rings. The van der Waals surface area contributed by atoms with Crippen LogP contribution in [0.25, 0.3) is 0 Å². The van der Waals surface area contributed by atoms with Gasteiger partial charge in [0.15, 0.2) is 5.92 Å². The SMILES string of the molecule is CCCCc1ccc(N=C[C@@H]2C(=O)NC(=O)N(c3ccc(F)cc3)C2=O)cc1. The van der Waals surface area contributed by atoms with Gasteiger partial charge in [0.25, 0.3) is 5.91 Å². The summed E-state index contributed by atoms with van der Waals surface area (Å²) in [6.07, 6.45) is 4.43. The molecule has 1 atom stereocenters. The molecular weight excluding hydrogens is 361 g/mol. The van der Waals surface area contributed by atoms with Crippen LogP contribution in [0.15, 0.2) is 53.5 Å². The first-order valence-corrected chi connectivity index (χ1v) is 9.07. The van der Waals surface area contributed by atoms with Gasteiger partial charge in [0.2, 0.25) is 5.91 Å². The van der Waals surface area contributed by atoms with Gasteiger partial charge in [0.05, 0.1) is 11.4 Å². The Morgan fingerprint density at radius 2 is 1.75 bits per heavy atom. The van der Waals surface area contributed by atoms with Crippen molar-refractivity contribution < 1.29 is 18.8 Å². The zero-order valence-corrected chi connectivity index (χ0v) is 15.4. The molecule has 1 fully saturated rings. The third kappa shape index (κ3) is 4.31. The van der Waals surface area contributed by atoms with E-state index in [9.17, 15) is 18.8 Å². The monoisotopic (exact) mass is 381 g/mol. The predicted molar refractivity (Wildman–Crippen MR) is 104 cm³/mol. The second-order valence-electron chi connectivity index (χ2n) is 6.47. The molecule has 1 saturated heterocycles. The van der Waals surface area contributed by atoms with Crippen molar-refractivity contribution in [2.24, 2.45) is 10.9 Å². The van der Waals surface area contributed by atoms with Crippen LogP contribution in [0.1, 0.15) is 25.3 Å². The number of barbiturate groups is 1. The number of imide groups is 2. The van der Waals surface area contributed by atoms with E-state index >= 15 is 0 Å². The minimum absolute atomic E-state index is 0.176. The maximum absolute atomic E-state index is 13.1. The van der Waals surface area contributed by atoms with Gasteiger partial charge in [0, 0.05) is 6.21 Å². The van der Waals surface area contributed by atoms with E-state index in [1.54, 1.807) is 0 Å². The van der Waals surface area contributed by atoms with Gasteiger partial charge in [-0.05, 0) is 54.8 Å². The molecule has 0 aliphatic carbocycles. The molecule has 0 bridgehead atoms. The largest absolute Gasteiger partial charge is 0.335 e. The number of anilines is 1. The number of urea groups is 1. The fraction of sp³-hybridized carbons (Fsp3) is 0.238. The lowest BCUT2D eigenvalue weighted by Crippen LogP contribution is -2.58. The summed E-state index contributed by atoms with van der Waals surface area (Å²) in [6, 6.07) is 11.5. The molecule has 1 N–H and O–H groups in total. The summed E-state index contributed by atoms with van der Waals surface area (Å²) in [5, 5.41) is 2.13. The molecule has 3 rings (SSSR count). The summed E-state index contributed by atoms with van der Waals surface area (Å²) in [7, 11) is 0. The van der Waals surface area contributed by atoms with Crippen LogP contribution in [0.3, 0.4) is 0 Å². The van der Waals surface area contributed by atoms with E-state index in [-0.39, 0.29) is 5.69 Å². The number of amides is 4. The van der Waals surface area contributed by atoms with E-state index in [1.807, 2.05) is 24.3 Å². The number of aryl methyl sites for hydroxylation is 1. The summed E-state index contributed by atoms with van der Waals surface area (Å²) in [6.45, 7) is 2.13. The highest BCUT2D eigenvalue weighted by Gasteiger charge is 2.40. The van der Waals surface area contributed by atoms with Crippen molar-refractivity contribution in [1.29, 1.82) is 0 Å². The molecule has 6 nitrogen and oxygen atoms in total. The summed E-state index contributed by atoms with van der Waals surface area (Å²) in [5.74, 6) is -3.21. The topological polar surface area (TPSA) is 78.8 Å². The Labute approximate surface area is 162 Å². The average Bonchev–Trinajstić information content (AvgIpc) is 2.68. The molecule has 7 heteroatoms. The number of benzene rings is 2. The number of carbonyl (C=O) groups excluding carboxylic acids is 3. The Balaban J connectivity index is 1.77. The van der Waals surface area contributed by atoms with Crippen LogP contribution in [-0.4, -0.2) is 24.1 Å². The molecule has 1 heterocycles. The zero-order valence-electron chi connectivity index (χ0n) is 15.4. The van der Waals surface area contributed by atoms with E-state index in [1.165, 1.54) is 23.9 Å². The van der Waals surface area contributed by atoms with Gasteiger partial charge < -0.3 is 0 Å². The second-order valence-corrected chi connectivity index (χ2v) is 6.47. The Hall–Kier alpha value is -3.35. The average molecular weight is 381 g/mol. The lowest BCUT2D eigenvalue weighted by molar-refractivity contribution is -0.131. The first-order chi connectivity index (χ1) is 13.5. The Kier molecular flexibility index (Phi) is 5.93. The normalized spacial score (nSPS) is 17.3. The molecule has 28 heavy (non-hydrogen) atoms. The summed E-state index contributed by atoms with van der Waals surface area (Å²) in [5.41, 5.74) is 1.97. The molecule has 0 aromatic heterocycles. The number of nitrogens with zero attached hydrogens (tertiary/aromatic N) is 2. The predicted octanol–water partition coefficient (Wildman–Crippen LogP) is 3.77. The third-order valence-electron chi connectivity index (χ3n) is 4.41. The van der Waals surface area contributed by atoms with Gasteiger partial charge in [-0.3, -0.25) is 19.9 Å². The number of hydrogen-bond donors (Lipinski definition) is 1. The highest BCUT2D eigenvalue weighted by Crippen LogP contribution is 2.21. The zero-order chi connectivity index (χ0) is 20.1. The lowest BCUT2D eigenvalue weighted by Gasteiger charge is -2.28. The number of rotatable bonds is 6. The maximum atomic E-state index is 13.1. The van der Waals surface area contributed by atoms with Crippen molar-refractivity contribution in [2.75, 3.05) is 4.90 Å². The molecule has 4 amide bonds. The molecule has 1 aliphatic heterocycles. The first kappa shape index (κ1) is 19.4. The van der Waals surface area contributed by atoms with Crippen molar-refractivity contribution in [3.8, 4) is 0 Å². The van der Waals surface area contributed by atoms with Gasteiger partial charge in [0.1, 0.15) is 5.82 Å². The lowest BCUT2D eigenvalue weighted by atomic mass is 10.1. The number of aliphatic imine (C=N–C) groups is 1. The fourth-order valence-electron chi connectivity index (χ4n) is 2.85. The Bertz CT molecular complexity index is 907. The van der Waals surface area contributed by atoms with Crippen molar-refractivity contribution in [1.82, 2.24) is 5.32 Å². The van der Waals surface area contributed by atoms with Gasteiger partial charge >= 0.3 is 6.03 Å². The Morgan fingerprint density at radius 3 is 2.39 bits per heavy atom. The van der Waals surface area contributed by atoms with Crippen molar-refractivity contribution in [3.63, 3.8) is 0 Å². The van der Waals surface area contributed by atoms with E-state index in [4.69, 9.17) is 0 Å². The van der Waals surface area contributed by atoms with Gasteiger partial charge in [-0.15, -0.1) is 0 Å². The molecule has 2 aromatic carbocycles. The molecule has 144 valence electrons. The number of hydrogen-bond acceptors (Lipinski definition) is 4. The minimum atomic E-state index is -1.25. The smallest absolute Gasteiger partial charge is 0.276 e. The maximum Gasteiger partial charge on any atom is 0.335 e. The van der Waals surface area contributed by atoms with Gasteiger partial charge in [-0.1, -0.05) is 25.5 Å². The molecule has 1 aliphatic rings. The van der Waals surface area contributed by atoms with E-state index in [0.717, 1.165) is 36.3 Å². The van der Waals surface area contributed by atoms with E-state index in [2.05, 4.69) is 17.2 Å². The highest BCUT2D eigenvalue weighted by atomic mass is 19.1. The quantitative estimate of drug-likeness (QED) is 0.611. The molecule has 0 radical (unpaired) electrons. The van der Waals surface area contributed by atoms with Crippen LogP contribution in [0.5, 0.6) is 0 Å². The Morgan fingerprint density at radius 1 is 1.07 bits per heavy atom. The summed E-state index contributed by atoms with van der Waals surface area (Å²) < 4.78 is 13.1. The third-order valence-corrected chi connectivity index (χ3v) is 4.41. The number of unbranched alkanes of at least 4 members (excludes halogenated alkanes) is 1. The molecule has 0 saturated carbocycles.